The molecule has 0 radical (unpaired) electrons. The van der Waals surface area contributed by atoms with Gasteiger partial charge in [0.05, 0.1) is 4.75 Å². The Morgan fingerprint density at radius 2 is 1.75 bits per heavy atom. The van der Waals surface area contributed by atoms with E-state index >= 15 is 0 Å². The summed E-state index contributed by atoms with van der Waals surface area (Å²) < 4.78 is 26.5. The second kappa shape index (κ2) is 8.23. The molecule has 0 spiro atoms. The van der Waals surface area contributed by atoms with Crippen LogP contribution in [0.2, 0.25) is 0 Å². The van der Waals surface area contributed by atoms with Gasteiger partial charge >= 0.3 is 6.03 Å². The van der Waals surface area contributed by atoms with Crippen LogP contribution in [-0.4, -0.2) is 43.2 Å². The van der Waals surface area contributed by atoms with E-state index in [0.29, 0.717) is 25.9 Å². The number of likely N-dealkylation sites (tertiary alicyclic amines) is 1. The number of nitrogens with zero attached hydrogens (tertiary/aromatic N) is 1. The van der Waals surface area contributed by atoms with E-state index in [9.17, 15) is 13.2 Å². The Morgan fingerprint density at radius 1 is 1.11 bits per heavy atom. The molecule has 28 heavy (non-hydrogen) atoms. The zero-order valence-corrected chi connectivity index (χ0v) is 18.1. The first kappa shape index (κ1) is 20.8. The van der Waals surface area contributed by atoms with E-state index in [1.165, 1.54) is 4.88 Å². The van der Waals surface area contributed by atoms with Crippen LogP contribution in [0.4, 0.5) is 10.5 Å². The van der Waals surface area contributed by atoms with Crippen molar-refractivity contribution in [3.05, 3.63) is 41.8 Å². The van der Waals surface area contributed by atoms with Gasteiger partial charge in [-0.3, -0.25) is 0 Å². The molecule has 1 saturated heterocycles. The van der Waals surface area contributed by atoms with E-state index < -0.39 is 14.8 Å². The highest BCUT2D eigenvalue weighted by molar-refractivity contribution is 7.90. The monoisotopic (exact) mass is 421 g/mol. The van der Waals surface area contributed by atoms with Gasteiger partial charge in [-0.1, -0.05) is 18.2 Å². The van der Waals surface area contributed by atoms with Gasteiger partial charge in [0.15, 0.2) is 0 Å². The molecule has 2 N–H and O–H groups in total. The van der Waals surface area contributed by atoms with Crippen LogP contribution in [0.25, 0.3) is 10.4 Å². The van der Waals surface area contributed by atoms with Gasteiger partial charge in [0.1, 0.15) is 0 Å². The summed E-state index contributed by atoms with van der Waals surface area (Å²) in [5.74, 6) is 0. The predicted octanol–water partition coefficient (Wildman–Crippen LogP) is 4.13. The van der Waals surface area contributed by atoms with Gasteiger partial charge in [-0.05, 0) is 62.8 Å². The van der Waals surface area contributed by atoms with E-state index in [1.54, 1.807) is 37.0 Å². The normalized spacial score (nSPS) is 16.2. The molecule has 3 rings (SSSR count). The number of hydrogen-bond donors (Lipinski definition) is 2. The maximum Gasteiger partial charge on any atom is 0.321 e. The molecule has 0 atom stereocenters. The van der Waals surface area contributed by atoms with Gasteiger partial charge < -0.3 is 10.2 Å². The highest BCUT2D eigenvalue weighted by atomic mass is 32.2. The fourth-order valence-corrected chi connectivity index (χ4v) is 4.72. The minimum Gasteiger partial charge on any atom is -0.324 e. The van der Waals surface area contributed by atoms with Crippen molar-refractivity contribution in [1.82, 2.24) is 9.62 Å². The van der Waals surface area contributed by atoms with Gasteiger partial charge in [0.25, 0.3) is 0 Å². The van der Waals surface area contributed by atoms with Gasteiger partial charge in [-0.2, -0.15) is 0 Å². The van der Waals surface area contributed by atoms with E-state index in [2.05, 4.69) is 16.1 Å². The van der Waals surface area contributed by atoms with Crippen molar-refractivity contribution >= 4 is 33.1 Å². The molecule has 1 aliphatic heterocycles. The number of urea groups is 1. The molecular weight excluding hydrogens is 394 g/mol. The third-order valence-corrected chi connectivity index (χ3v) is 8.03. The van der Waals surface area contributed by atoms with Crippen molar-refractivity contribution in [2.24, 2.45) is 0 Å². The molecule has 6 nitrogen and oxygen atoms in total. The third kappa shape index (κ3) is 4.92. The van der Waals surface area contributed by atoms with Crippen molar-refractivity contribution < 1.29 is 13.2 Å². The number of benzene rings is 1. The standard InChI is InChI=1S/C20H27N3O3S2/c1-20(2,3)28(25,26)22-17-10-12-23(13-11-17)19(24)21-16-8-6-15(7-9-16)18-5-4-14-27-18/h4-9,14,17,22H,10-13H2,1-3H3,(H,21,24). The number of rotatable bonds is 4. The lowest BCUT2D eigenvalue weighted by Gasteiger charge is -2.33. The minimum absolute atomic E-state index is 0.127. The average Bonchev–Trinajstić information content (AvgIpc) is 3.16. The van der Waals surface area contributed by atoms with Gasteiger partial charge in [0.2, 0.25) is 10.0 Å². The van der Waals surface area contributed by atoms with Crippen LogP contribution >= 0.6 is 11.3 Å². The van der Waals surface area contributed by atoms with Crippen LogP contribution in [-0.2, 0) is 10.0 Å². The first-order valence-corrected chi connectivity index (χ1v) is 11.7. The summed E-state index contributed by atoms with van der Waals surface area (Å²) in [7, 11) is -3.37. The van der Waals surface area contributed by atoms with Gasteiger partial charge in [0, 0.05) is 29.7 Å². The van der Waals surface area contributed by atoms with Crippen LogP contribution in [0.5, 0.6) is 0 Å². The number of nitrogens with one attached hydrogen (secondary N) is 2. The number of piperidine rings is 1. The number of carbonyl (C=O) groups excluding carboxylic acids is 1. The smallest absolute Gasteiger partial charge is 0.321 e. The highest BCUT2D eigenvalue weighted by Gasteiger charge is 2.33. The summed E-state index contributed by atoms with van der Waals surface area (Å²) in [6.45, 7) is 6.10. The molecular formula is C20H27N3O3S2. The molecule has 0 bridgehead atoms. The summed E-state index contributed by atoms with van der Waals surface area (Å²) in [6, 6.07) is 11.6. The summed E-state index contributed by atoms with van der Waals surface area (Å²) >= 11 is 1.68. The van der Waals surface area contributed by atoms with Crippen molar-refractivity contribution in [2.45, 2.75) is 44.4 Å². The fraction of sp³-hybridized carbons (Fsp3) is 0.450. The number of hydrogen-bond acceptors (Lipinski definition) is 4. The van der Waals surface area contributed by atoms with Crippen LogP contribution < -0.4 is 10.0 Å². The first-order chi connectivity index (χ1) is 13.2. The van der Waals surface area contributed by atoms with Crippen molar-refractivity contribution in [1.29, 1.82) is 0 Å². The van der Waals surface area contributed by atoms with Crippen LogP contribution in [0.3, 0.4) is 0 Å². The second-order valence-electron chi connectivity index (χ2n) is 7.98. The van der Waals surface area contributed by atoms with Crippen molar-refractivity contribution in [2.75, 3.05) is 18.4 Å². The first-order valence-electron chi connectivity index (χ1n) is 9.37. The molecule has 0 aliphatic carbocycles. The maximum atomic E-state index is 12.5. The number of sulfonamides is 1. The van der Waals surface area contributed by atoms with E-state index in [-0.39, 0.29) is 12.1 Å². The summed E-state index contributed by atoms with van der Waals surface area (Å²) in [4.78, 5) is 15.4. The third-order valence-electron chi connectivity index (χ3n) is 4.85. The minimum atomic E-state index is -3.37. The Kier molecular flexibility index (Phi) is 6.12. The lowest BCUT2D eigenvalue weighted by atomic mass is 10.1. The van der Waals surface area contributed by atoms with Crippen LogP contribution in [0.1, 0.15) is 33.6 Å². The number of thiophene rings is 1. The SMILES string of the molecule is CC(C)(C)S(=O)(=O)NC1CCN(C(=O)Nc2ccc(-c3cccs3)cc2)CC1. The molecule has 8 heteroatoms. The molecule has 1 aromatic carbocycles. The molecule has 152 valence electrons. The quantitative estimate of drug-likeness (QED) is 0.779. The largest absolute Gasteiger partial charge is 0.324 e. The zero-order valence-electron chi connectivity index (χ0n) is 16.4. The molecule has 0 saturated carbocycles. The lowest BCUT2D eigenvalue weighted by molar-refractivity contribution is 0.193. The molecule has 2 aromatic rings. The molecule has 2 heterocycles. The Balaban J connectivity index is 1.51. The second-order valence-corrected chi connectivity index (χ2v) is 11.4. The van der Waals surface area contributed by atoms with Crippen molar-refractivity contribution in [3.63, 3.8) is 0 Å². The summed E-state index contributed by atoms with van der Waals surface area (Å²) in [5.41, 5.74) is 1.88. The van der Waals surface area contributed by atoms with Crippen LogP contribution in [0, 0.1) is 0 Å². The average molecular weight is 422 g/mol. The van der Waals surface area contributed by atoms with E-state index in [1.807, 2.05) is 35.7 Å². The van der Waals surface area contributed by atoms with E-state index in [0.717, 1.165) is 11.3 Å². The Morgan fingerprint density at radius 3 is 2.29 bits per heavy atom. The molecule has 1 fully saturated rings. The number of carbonyl (C=O) groups is 1. The van der Waals surface area contributed by atoms with E-state index in [4.69, 9.17) is 0 Å². The lowest BCUT2D eigenvalue weighted by Crippen LogP contribution is -2.50. The number of anilines is 1. The Hall–Kier alpha value is -1.90. The Labute approximate surface area is 171 Å². The summed E-state index contributed by atoms with van der Waals surface area (Å²) in [5, 5.41) is 4.96. The van der Waals surface area contributed by atoms with Gasteiger partial charge in [-0.25, -0.2) is 17.9 Å². The Bertz CT molecular complexity index is 893. The molecule has 2 amide bonds. The maximum absolute atomic E-state index is 12.5. The highest BCUT2D eigenvalue weighted by Crippen LogP contribution is 2.26. The number of amides is 2. The molecule has 1 aromatic heterocycles. The fourth-order valence-electron chi connectivity index (χ4n) is 2.96. The molecule has 0 unspecified atom stereocenters. The molecule has 1 aliphatic rings. The van der Waals surface area contributed by atoms with Gasteiger partial charge in [-0.15, -0.1) is 11.3 Å². The van der Waals surface area contributed by atoms with Crippen LogP contribution in [0.15, 0.2) is 41.8 Å². The predicted molar refractivity (Wildman–Crippen MR) is 115 cm³/mol. The topological polar surface area (TPSA) is 78.5 Å². The van der Waals surface area contributed by atoms with Crippen molar-refractivity contribution in [3.8, 4) is 10.4 Å². The summed E-state index contributed by atoms with van der Waals surface area (Å²) in [6.07, 6.45) is 1.22. The zero-order chi connectivity index (χ0) is 20.4.